The number of amides is 1. The number of aromatic nitrogens is 1. The Hall–Kier alpha value is -1.78. The van der Waals surface area contributed by atoms with E-state index in [1.807, 2.05) is 0 Å². The number of carbonyl (C=O) groups excluding carboxylic acids is 1. The number of hydrogen-bond acceptors (Lipinski definition) is 3. The molecule has 1 saturated carbocycles. The molecular formula is C14H20N2O3. The Morgan fingerprint density at radius 1 is 1.47 bits per heavy atom. The highest BCUT2D eigenvalue weighted by atomic mass is 16.6. The lowest BCUT2D eigenvalue weighted by Crippen LogP contribution is -2.30. The van der Waals surface area contributed by atoms with Crippen molar-refractivity contribution in [2.45, 2.75) is 45.8 Å². The molecule has 104 valence electrons. The number of rotatable bonds is 2. The van der Waals surface area contributed by atoms with Crippen molar-refractivity contribution < 1.29 is 9.53 Å². The van der Waals surface area contributed by atoms with Gasteiger partial charge in [0.1, 0.15) is 11.3 Å². The quantitative estimate of drug-likeness (QED) is 0.893. The minimum absolute atomic E-state index is 0.178. The van der Waals surface area contributed by atoms with Gasteiger partial charge in [0.2, 0.25) is 0 Å². The molecule has 2 atom stereocenters. The number of nitrogens with zero attached hydrogens (tertiary/aromatic N) is 1. The van der Waals surface area contributed by atoms with Crippen LogP contribution in [0.5, 0.6) is 0 Å². The fraction of sp³-hybridized carbons (Fsp3) is 0.571. The first kappa shape index (κ1) is 13.6. The van der Waals surface area contributed by atoms with Crippen molar-refractivity contribution in [3.8, 4) is 0 Å². The smallest absolute Gasteiger partial charge is 0.412 e. The summed E-state index contributed by atoms with van der Waals surface area (Å²) in [6.45, 7) is 7.44. The molecule has 5 heteroatoms. The zero-order valence-electron chi connectivity index (χ0n) is 11.8. The lowest BCUT2D eigenvalue weighted by Gasteiger charge is -2.19. The second-order valence-corrected chi connectivity index (χ2v) is 6.04. The van der Waals surface area contributed by atoms with Gasteiger partial charge in [0.05, 0.1) is 0 Å². The average Bonchev–Trinajstić information content (AvgIpc) is 2.96. The number of hydrogen-bond donors (Lipinski definition) is 1. The third kappa shape index (κ3) is 3.36. The van der Waals surface area contributed by atoms with E-state index < -0.39 is 11.7 Å². The molecule has 0 bridgehead atoms. The van der Waals surface area contributed by atoms with E-state index in [2.05, 4.69) is 12.2 Å². The van der Waals surface area contributed by atoms with Gasteiger partial charge in [-0.25, -0.2) is 4.79 Å². The van der Waals surface area contributed by atoms with Gasteiger partial charge in [0.25, 0.3) is 5.56 Å². The summed E-state index contributed by atoms with van der Waals surface area (Å²) in [5.41, 5.74) is -0.498. The summed E-state index contributed by atoms with van der Waals surface area (Å²) in [6, 6.07) is 3.61. The van der Waals surface area contributed by atoms with Gasteiger partial charge in [0, 0.05) is 12.2 Å². The molecule has 1 aromatic rings. The second kappa shape index (κ2) is 4.72. The molecule has 1 N–H and O–H groups in total. The molecule has 1 aliphatic rings. The predicted molar refractivity (Wildman–Crippen MR) is 73.4 cm³/mol. The van der Waals surface area contributed by atoms with Crippen LogP contribution in [-0.2, 0) is 4.74 Å². The summed E-state index contributed by atoms with van der Waals surface area (Å²) in [6.07, 6.45) is 2.17. The molecule has 1 fully saturated rings. The van der Waals surface area contributed by atoms with Crippen molar-refractivity contribution in [2.24, 2.45) is 5.92 Å². The van der Waals surface area contributed by atoms with E-state index in [0.717, 1.165) is 6.42 Å². The third-order valence-electron chi connectivity index (χ3n) is 3.03. The number of nitrogens with one attached hydrogen (secondary N) is 1. The summed E-state index contributed by atoms with van der Waals surface area (Å²) in [4.78, 5) is 23.8. The monoisotopic (exact) mass is 264 g/mol. The van der Waals surface area contributed by atoms with Crippen LogP contribution in [0.4, 0.5) is 10.5 Å². The molecule has 0 unspecified atom stereocenters. The number of pyridine rings is 1. The molecule has 1 aromatic heterocycles. The Labute approximate surface area is 112 Å². The first-order valence-electron chi connectivity index (χ1n) is 6.49. The van der Waals surface area contributed by atoms with Crippen LogP contribution in [0.15, 0.2) is 23.1 Å². The molecule has 0 spiro atoms. The molecule has 1 aliphatic carbocycles. The highest BCUT2D eigenvalue weighted by molar-refractivity contribution is 5.84. The molecule has 0 radical (unpaired) electrons. The summed E-state index contributed by atoms with van der Waals surface area (Å²) in [5.74, 6) is 0.523. The molecular weight excluding hydrogens is 244 g/mol. The van der Waals surface area contributed by atoms with Crippen LogP contribution in [0, 0.1) is 5.92 Å². The van der Waals surface area contributed by atoms with Crippen molar-refractivity contribution in [3.05, 3.63) is 28.7 Å². The van der Waals surface area contributed by atoms with E-state index >= 15 is 0 Å². The Balaban J connectivity index is 2.13. The Bertz CT molecular complexity index is 542. The lowest BCUT2D eigenvalue weighted by molar-refractivity contribution is 0.0635. The van der Waals surface area contributed by atoms with Crippen LogP contribution in [0.1, 0.15) is 40.2 Å². The number of carbonyl (C=O) groups is 1. The molecule has 0 saturated heterocycles. The summed E-state index contributed by atoms with van der Waals surface area (Å²) in [7, 11) is 0. The van der Waals surface area contributed by atoms with Crippen LogP contribution in [0.3, 0.4) is 0 Å². The van der Waals surface area contributed by atoms with Crippen molar-refractivity contribution in [1.82, 2.24) is 4.57 Å². The summed E-state index contributed by atoms with van der Waals surface area (Å²) in [5, 5.41) is 2.51. The standard InChI is InChI=1S/C14H20N2O3/c1-9-8-11(9)16-7-5-6-10(12(16)17)15-13(18)19-14(2,3)4/h5-7,9,11H,8H2,1-4H3,(H,15,18)/t9-,11+/m0/s1. The predicted octanol–water partition coefficient (Wildman–Crippen LogP) is 2.78. The van der Waals surface area contributed by atoms with Crippen LogP contribution in [-0.4, -0.2) is 16.3 Å². The topological polar surface area (TPSA) is 60.3 Å². The van der Waals surface area contributed by atoms with Gasteiger partial charge < -0.3 is 9.30 Å². The van der Waals surface area contributed by atoms with Crippen molar-refractivity contribution in [2.75, 3.05) is 5.32 Å². The maximum atomic E-state index is 12.2. The molecule has 0 aliphatic heterocycles. The zero-order chi connectivity index (χ0) is 14.2. The minimum Gasteiger partial charge on any atom is -0.444 e. The highest BCUT2D eigenvalue weighted by Gasteiger charge is 2.35. The number of anilines is 1. The van der Waals surface area contributed by atoms with E-state index in [1.165, 1.54) is 0 Å². The SMILES string of the molecule is C[C@H]1C[C@H]1n1cccc(NC(=O)OC(C)(C)C)c1=O. The first-order chi connectivity index (χ1) is 8.78. The third-order valence-corrected chi connectivity index (χ3v) is 3.03. The second-order valence-electron chi connectivity index (χ2n) is 6.04. The van der Waals surface area contributed by atoms with Gasteiger partial charge in [-0.15, -0.1) is 0 Å². The maximum absolute atomic E-state index is 12.2. The van der Waals surface area contributed by atoms with Crippen molar-refractivity contribution >= 4 is 11.8 Å². The Morgan fingerprint density at radius 3 is 2.63 bits per heavy atom. The van der Waals surface area contributed by atoms with Crippen LogP contribution >= 0.6 is 0 Å². The lowest BCUT2D eigenvalue weighted by atomic mass is 10.2. The number of ether oxygens (including phenoxy) is 1. The normalized spacial score (nSPS) is 21.9. The first-order valence-corrected chi connectivity index (χ1v) is 6.49. The van der Waals surface area contributed by atoms with Crippen molar-refractivity contribution in [1.29, 1.82) is 0 Å². The zero-order valence-corrected chi connectivity index (χ0v) is 11.8. The molecule has 2 rings (SSSR count). The van der Waals surface area contributed by atoms with Crippen molar-refractivity contribution in [3.63, 3.8) is 0 Å². The van der Waals surface area contributed by atoms with Gasteiger partial charge in [-0.3, -0.25) is 10.1 Å². The van der Waals surface area contributed by atoms with Gasteiger partial charge in [-0.05, 0) is 45.2 Å². The highest BCUT2D eigenvalue weighted by Crippen LogP contribution is 2.41. The summed E-state index contributed by atoms with van der Waals surface area (Å²) >= 11 is 0. The van der Waals surface area contributed by atoms with E-state index in [-0.39, 0.29) is 17.3 Å². The largest absolute Gasteiger partial charge is 0.444 e. The van der Waals surface area contributed by atoms with E-state index in [9.17, 15) is 9.59 Å². The van der Waals surface area contributed by atoms with Gasteiger partial charge >= 0.3 is 6.09 Å². The molecule has 19 heavy (non-hydrogen) atoms. The van der Waals surface area contributed by atoms with Crippen LogP contribution in [0.25, 0.3) is 0 Å². The Kier molecular flexibility index (Phi) is 3.39. The van der Waals surface area contributed by atoms with Crippen LogP contribution in [0.2, 0.25) is 0 Å². The summed E-state index contributed by atoms with van der Waals surface area (Å²) < 4.78 is 6.81. The Morgan fingerprint density at radius 2 is 2.11 bits per heavy atom. The molecule has 1 heterocycles. The molecule has 0 aromatic carbocycles. The van der Waals surface area contributed by atoms with Gasteiger partial charge in [-0.2, -0.15) is 0 Å². The molecule has 5 nitrogen and oxygen atoms in total. The van der Waals surface area contributed by atoms with Crippen LogP contribution < -0.4 is 10.9 Å². The average molecular weight is 264 g/mol. The van der Waals surface area contributed by atoms with Gasteiger partial charge in [-0.1, -0.05) is 6.92 Å². The van der Waals surface area contributed by atoms with Gasteiger partial charge in [0.15, 0.2) is 0 Å². The van der Waals surface area contributed by atoms with E-state index in [0.29, 0.717) is 5.92 Å². The van der Waals surface area contributed by atoms with E-state index in [4.69, 9.17) is 4.74 Å². The molecule has 1 amide bonds. The minimum atomic E-state index is -0.605. The van der Waals surface area contributed by atoms with E-state index in [1.54, 1.807) is 43.7 Å². The fourth-order valence-electron chi connectivity index (χ4n) is 1.97. The maximum Gasteiger partial charge on any atom is 0.412 e. The fourth-order valence-corrected chi connectivity index (χ4v) is 1.97.